The van der Waals surface area contributed by atoms with Gasteiger partial charge in [-0.25, -0.2) is 9.67 Å². The van der Waals surface area contributed by atoms with Crippen LogP contribution in [0.25, 0.3) is 11.2 Å². The monoisotopic (exact) mass is 247 g/mol. The van der Waals surface area contributed by atoms with E-state index in [0.29, 0.717) is 17.9 Å². The van der Waals surface area contributed by atoms with Gasteiger partial charge in [0.2, 0.25) is 5.95 Å². The van der Waals surface area contributed by atoms with Crippen molar-refractivity contribution in [1.82, 2.24) is 19.3 Å². The second-order valence-corrected chi connectivity index (χ2v) is 5.39. The maximum atomic E-state index is 6.14. The summed E-state index contributed by atoms with van der Waals surface area (Å²) >= 11 is 0. The molecule has 0 aliphatic heterocycles. The van der Waals surface area contributed by atoms with E-state index in [4.69, 9.17) is 5.73 Å². The number of aryl methyl sites for hydroxylation is 2. The van der Waals surface area contributed by atoms with Crippen molar-refractivity contribution in [3.63, 3.8) is 0 Å². The minimum absolute atomic E-state index is 0.483. The van der Waals surface area contributed by atoms with Gasteiger partial charge in [0, 0.05) is 12.6 Å². The van der Waals surface area contributed by atoms with Gasteiger partial charge in [-0.15, -0.1) is 0 Å². The molecule has 98 valence electrons. The van der Waals surface area contributed by atoms with Crippen molar-refractivity contribution >= 4 is 17.1 Å². The van der Waals surface area contributed by atoms with Crippen LogP contribution in [0.5, 0.6) is 0 Å². The third-order valence-electron chi connectivity index (χ3n) is 4.22. The fourth-order valence-electron chi connectivity index (χ4n) is 3.26. The molecule has 3 rings (SSSR count). The lowest BCUT2D eigenvalue weighted by molar-refractivity contribution is 0.414. The van der Waals surface area contributed by atoms with Crippen LogP contribution in [0.4, 0.5) is 5.95 Å². The molecule has 0 radical (unpaired) electrons. The first-order chi connectivity index (χ1) is 8.63. The van der Waals surface area contributed by atoms with Crippen molar-refractivity contribution in [3.8, 4) is 0 Å². The number of nitrogens with zero attached hydrogens (tertiary/aromatic N) is 4. The summed E-state index contributed by atoms with van der Waals surface area (Å²) in [6.45, 7) is 7.28. The highest BCUT2D eigenvalue weighted by atomic mass is 15.4. The largest absolute Gasteiger partial charge is 0.369 e. The minimum atomic E-state index is 0.483. The topological polar surface area (TPSA) is 61.7 Å². The number of anilines is 1. The highest BCUT2D eigenvalue weighted by molar-refractivity contribution is 5.77. The molecule has 2 aromatic heterocycles. The van der Waals surface area contributed by atoms with Crippen LogP contribution in [0.3, 0.4) is 0 Å². The van der Waals surface area contributed by atoms with E-state index in [1.807, 2.05) is 11.6 Å². The van der Waals surface area contributed by atoms with E-state index in [0.717, 1.165) is 23.4 Å². The molecule has 0 amide bonds. The molecule has 5 nitrogen and oxygen atoms in total. The Balaban J connectivity index is 2.23. The van der Waals surface area contributed by atoms with E-state index in [1.54, 1.807) is 0 Å². The van der Waals surface area contributed by atoms with Crippen molar-refractivity contribution in [2.24, 2.45) is 5.92 Å². The van der Waals surface area contributed by atoms with Gasteiger partial charge in [0.25, 0.3) is 0 Å². The maximum Gasteiger partial charge on any atom is 0.202 e. The predicted molar refractivity (Wildman–Crippen MR) is 72.4 cm³/mol. The first kappa shape index (κ1) is 11.6. The summed E-state index contributed by atoms with van der Waals surface area (Å²) in [6, 6.07) is 0.483. The van der Waals surface area contributed by atoms with E-state index >= 15 is 0 Å². The van der Waals surface area contributed by atoms with Crippen LogP contribution in [0.1, 0.15) is 44.8 Å². The molecule has 0 aromatic carbocycles. The average molecular weight is 247 g/mol. The van der Waals surface area contributed by atoms with Crippen molar-refractivity contribution in [3.05, 3.63) is 5.69 Å². The molecule has 0 bridgehead atoms. The molecule has 18 heavy (non-hydrogen) atoms. The Hall–Kier alpha value is -1.52. The van der Waals surface area contributed by atoms with E-state index < -0.39 is 0 Å². The minimum Gasteiger partial charge on any atom is -0.369 e. The fraction of sp³-hybridized carbons (Fsp3) is 0.692. The lowest BCUT2D eigenvalue weighted by Gasteiger charge is -2.19. The van der Waals surface area contributed by atoms with E-state index in [2.05, 4.69) is 28.5 Å². The normalized spacial score (nSPS) is 24.2. The zero-order chi connectivity index (χ0) is 12.9. The molecule has 1 saturated carbocycles. The molecule has 0 spiro atoms. The van der Waals surface area contributed by atoms with Gasteiger partial charge in [0.1, 0.15) is 5.52 Å². The van der Waals surface area contributed by atoms with E-state index in [-0.39, 0.29) is 0 Å². The highest BCUT2D eigenvalue weighted by Crippen LogP contribution is 2.39. The number of nitrogen functional groups attached to an aromatic ring is 1. The average Bonchev–Trinajstić information content (AvgIpc) is 2.96. The highest BCUT2D eigenvalue weighted by Gasteiger charge is 2.29. The van der Waals surface area contributed by atoms with Gasteiger partial charge in [0.15, 0.2) is 5.65 Å². The molecule has 1 fully saturated rings. The Labute approximate surface area is 107 Å². The molecule has 1 aliphatic carbocycles. The van der Waals surface area contributed by atoms with Crippen molar-refractivity contribution in [1.29, 1.82) is 0 Å². The molecule has 2 unspecified atom stereocenters. The van der Waals surface area contributed by atoms with E-state index in [1.165, 1.54) is 19.3 Å². The van der Waals surface area contributed by atoms with Gasteiger partial charge < -0.3 is 5.73 Å². The van der Waals surface area contributed by atoms with Crippen LogP contribution in [0.2, 0.25) is 0 Å². The SMILES string of the molecule is CCn1nc(C)c2nc(N)n(C3CCCC3C)c21. The number of fused-ring (bicyclic) bond motifs is 1. The van der Waals surface area contributed by atoms with Gasteiger partial charge >= 0.3 is 0 Å². The third-order valence-corrected chi connectivity index (χ3v) is 4.22. The molecule has 2 aromatic rings. The van der Waals surface area contributed by atoms with Crippen molar-refractivity contribution in [2.75, 3.05) is 5.73 Å². The summed E-state index contributed by atoms with van der Waals surface area (Å²) in [4.78, 5) is 4.52. The third kappa shape index (κ3) is 1.46. The van der Waals surface area contributed by atoms with E-state index in [9.17, 15) is 0 Å². The molecule has 2 atom stereocenters. The fourth-order valence-corrected chi connectivity index (χ4v) is 3.26. The molecule has 2 heterocycles. The summed E-state index contributed by atoms with van der Waals surface area (Å²) < 4.78 is 4.25. The Morgan fingerprint density at radius 1 is 1.39 bits per heavy atom. The lowest BCUT2D eigenvalue weighted by atomic mass is 10.1. The van der Waals surface area contributed by atoms with Gasteiger partial charge in [-0.2, -0.15) is 5.10 Å². The first-order valence-electron chi connectivity index (χ1n) is 6.84. The molecule has 2 N–H and O–H groups in total. The van der Waals surface area contributed by atoms with Crippen LogP contribution in [-0.2, 0) is 6.54 Å². The number of hydrogen-bond donors (Lipinski definition) is 1. The van der Waals surface area contributed by atoms with Crippen LogP contribution in [0, 0.1) is 12.8 Å². The number of imidazole rings is 1. The summed E-state index contributed by atoms with van der Waals surface area (Å²) in [6.07, 6.45) is 3.76. The predicted octanol–water partition coefficient (Wildman–Crippen LogP) is 2.50. The van der Waals surface area contributed by atoms with Gasteiger partial charge in [-0.05, 0) is 32.6 Å². The summed E-state index contributed by atoms with van der Waals surface area (Å²) in [5, 5.41) is 4.54. The maximum absolute atomic E-state index is 6.14. The zero-order valence-corrected chi connectivity index (χ0v) is 11.3. The zero-order valence-electron chi connectivity index (χ0n) is 11.3. The Bertz CT molecular complexity index is 580. The van der Waals surface area contributed by atoms with Gasteiger partial charge in [-0.1, -0.05) is 13.3 Å². The van der Waals surface area contributed by atoms with Crippen molar-refractivity contribution in [2.45, 2.75) is 52.6 Å². The second kappa shape index (κ2) is 4.00. The summed E-state index contributed by atoms with van der Waals surface area (Å²) in [5.74, 6) is 1.32. The Morgan fingerprint density at radius 2 is 2.17 bits per heavy atom. The molecular formula is C13H21N5. The number of aromatic nitrogens is 4. The Morgan fingerprint density at radius 3 is 2.78 bits per heavy atom. The lowest BCUT2D eigenvalue weighted by Crippen LogP contribution is -2.16. The van der Waals surface area contributed by atoms with Crippen molar-refractivity contribution < 1.29 is 0 Å². The van der Waals surface area contributed by atoms with Crippen LogP contribution < -0.4 is 5.73 Å². The molecule has 0 saturated heterocycles. The smallest absolute Gasteiger partial charge is 0.202 e. The standard InChI is InChI=1S/C13H21N5/c1-4-17-12-11(9(3)16-17)15-13(14)18(12)10-7-5-6-8(10)2/h8,10H,4-7H2,1-3H3,(H2,14,15). The molecule has 1 aliphatic rings. The summed E-state index contributed by atoms with van der Waals surface area (Å²) in [5.41, 5.74) is 9.19. The summed E-state index contributed by atoms with van der Waals surface area (Å²) in [7, 11) is 0. The quantitative estimate of drug-likeness (QED) is 0.887. The number of hydrogen-bond acceptors (Lipinski definition) is 3. The van der Waals surface area contributed by atoms with Crippen LogP contribution >= 0.6 is 0 Å². The molecule has 5 heteroatoms. The number of rotatable bonds is 2. The number of nitrogens with two attached hydrogens (primary N) is 1. The van der Waals surface area contributed by atoms with Gasteiger partial charge in [-0.3, -0.25) is 4.57 Å². The van der Waals surface area contributed by atoms with Gasteiger partial charge in [0.05, 0.1) is 5.69 Å². The van der Waals surface area contributed by atoms with Crippen LogP contribution in [-0.4, -0.2) is 19.3 Å². The second-order valence-electron chi connectivity index (χ2n) is 5.39. The first-order valence-corrected chi connectivity index (χ1v) is 6.84. The molecular weight excluding hydrogens is 226 g/mol. The van der Waals surface area contributed by atoms with Crippen LogP contribution in [0.15, 0.2) is 0 Å². The Kier molecular flexibility index (Phi) is 2.57.